The topological polar surface area (TPSA) is 122 Å². The van der Waals surface area contributed by atoms with Gasteiger partial charge in [-0.25, -0.2) is 4.79 Å². The van der Waals surface area contributed by atoms with Crippen molar-refractivity contribution in [1.29, 1.82) is 0 Å². The zero-order chi connectivity index (χ0) is 14.0. The number of carbonyl (C=O) groups excluding carboxylic acids is 2. The van der Waals surface area contributed by atoms with Crippen LogP contribution in [0, 0.1) is 5.92 Å². The number of amides is 3. The molecule has 0 aliphatic heterocycles. The van der Waals surface area contributed by atoms with Crippen molar-refractivity contribution in [3.63, 3.8) is 0 Å². The number of urea groups is 1. The molecule has 5 N–H and O–H groups in total. The standard InChI is InChI=1S/C11H21N3O4/c1-2-8(6-10(16)17)7-14-11(18)13-5-3-4-9(12)15/h8H,2-7H2,1H3,(H2,12,15)(H,16,17)(H2,13,14,18). The summed E-state index contributed by atoms with van der Waals surface area (Å²) in [5.74, 6) is -1.34. The lowest BCUT2D eigenvalue weighted by Crippen LogP contribution is -2.39. The highest BCUT2D eigenvalue weighted by atomic mass is 16.4. The Morgan fingerprint density at radius 1 is 1.28 bits per heavy atom. The quantitative estimate of drug-likeness (QED) is 0.437. The number of rotatable bonds is 9. The molecule has 104 valence electrons. The molecule has 0 heterocycles. The first kappa shape index (κ1) is 16.2. The summed E-state index contributed by atoms with van der Waals surface area (Å²) in [5.41, 5.74) is 4.95. The zero-order valence-corrected chi connectivity index (χ0v) is 10.6. The minimum Gasteiger partial charge on any atom is -0.481 e. The van der Waals surface area contributed by atoms with Crippen molar-refractivity contribution < 1.29 is 19.5 Å². The number of hydrogen-bond acceptors (Lipinski definition) is 3. The van der Waals surface area contributed by atoms with Crippen molar-refractivity contribution in [3.8, 4) is 0 Å². The van der Waals surface area contributed by atoms with Gasteiger partial charge in [0.15, 0.2) is 0 Å². The molecule has 1 atom stereocenters. The average Bonchev–Trinajstić information content (AvgIpc) is 2.29. The van der Waals surface area contributed by atoms with E-state index in [0.29, 0.717) is 25.9 Å². The molecule has 0 radical (unpaired) electrons. The molecule has 1 unspecified atom stereocenters. The summed E-state index contributed by atoms with van der Waals surface area (Å²) in [4.78, 5) is 32.3. The molecule has 3 amide bonds. The Morgan fingerprint density at radius 3 is 2.44 bits per heavy atom. The summed E-state index contributed by atoms with van der Waals surface area (Å²) in [6.45, 7) is 2.56. The predicted octanol–water partition coefficient (Wildman–Crippen LogP) is 0.0520. The number of carboxylic acid groups (broad SMARTS) is 1. The van der Waals surface area contributed by atoms with E-state index in [1.165, 1.54) is 0 Å². The van der Waals surface area contributed by atoms with Crippen LogP contribution in [0.5, 0.6) is 0 Å². The molecule has 0 aromatic heterocycles. The van der Waals surface area contributed by atoms with E-state index in [-0.39, 0.29) is 24.8 Å². The number of primary amides is 1. The summed E-state index contributed by atoms with van der Waals surface area (Å²) in [7, 11) is 0. The first-order chi connectivity index (χ1) is 8.45. The molecular formula is C11H21N3O4. The van der Waals surface area contributed by atoms with Gasteiger partial charge in [-0.3, -0.25) is 9.59 Å². The molecule has 7 nitrogen and oxygen atoms in total. The van der Waals surface area contributed by atoms with Crippen molar-refractivity contribution in [3.05, 3.63) is 0 Å². The molecule has 0 aromatic carbocycles. The van der Waals surface area contributed by atoms with Gasteiger partial charge in [-0.05, 0) is 12.3 Å². The fourth-order valence-electron chi connectivity index (χ4n) is 1.37. The van der Waals surface area contributed by atoms with Crippen LogP contribution in [0.2, 0.25) is 0 Å². The van der Waals surface area contributed by atoms with Crippen LogP contribution in [0.3, 0.4) is 0 Å². The molecule has 0 saturated carbocycles. The second kappa shape index (κ2) is 9.26. The van der Waals surface area contributed by atoms with E-state index >= 15 is 0 Å². The molecule has 0 bridgehead atoms. The Kier molecular flexibility index (Phi) is 8.34. The van der Waals surface area contributed by atoms with Crippen LogP contribution in [0.4, 0.5) is 4.79 Å². The fourth-order valence-corrected chi connectivity index (χ4v) is 1.37. The third-order valence-corrected chi connectivity index (χ3v) is 2.48. The number of carbonyl (C=O) groups is 3. The van der Waals surface area contributed by atoms with Crippen LogP contribution < -0.4 is 16.4 Å². The smallest absolute Gasteiger partial charge is 0.314 e. The first-order valence-corrected chi connectivity index (χ1v) is 5.97. The van der Waals surface area contributed by atoms with E-state index in [0.717, 1.165) is 0 Å². The van der Waals surface area contributed by atoms with Gasteiger partial charge >= 0.3 is 12.0 Å². The number of nitrogens with one attached hydrogen (secondary N) is 2. The van der Waals surface area contributed by atoms with Crippen molar-refractivity contribution in [1.82, 2.24) is 10.6 Å². The van der Waals surface area contributed by atoms with Gasteiger partial charge in [0, 0.05) is 25.9 Å². The maximum absolute atomic E-state index is 11.3. The second-order valence-electron chi connectivity index (χ2n) is 4.08. The van der Waals surface area contributed by atoms with Crippen LogP contribution in [0.1, 0.15) is 32.6 Å². The van der Waals surface area contributed by atoms with Crippen molar-refractivity contribution in [2.45, 2.75) is 32.6 Å². The lowest BCUT2D eigenvalue weighted by molar-refractivity contribution is -0.138. The third kappa shape index (κ3) is 9.44. The number of carboxylic acids is 1. The Labute approximate surface area is 106 Å². The third-order valence-electron chi connectivity index (χ3n) is 2.48. The monoisotopic (exact) mass is 259 g/mol. The van der Waals surface area contributed by atoms with E-state index in [9.17, 15) is 14.4 Å². The molecule has 0 aliphatic carbocycles. The van der Waals surface area contributed by atoms with Crippen LogP contribution in [-0.4, -0.2) is 36.1 Å². The minimum atomic E-state index is -0.870. The van der Waals surface area contributed by atoms with Gasteiger partial charge in [0.1, 0.15) is 0 Å². The summed E-state index contributed by atoms with van der Waals surface area (Å²) < 4.78 is 0. The summed E-state index contributed by atoms with van der Waals surface area (Å²) >= 11 is 0. The van der Waals surface area contributed by atoms with Gasteiger partial charge in [0.25, 0.3) is 0 Å². The van der Waals surface area contributed by atoms with E-state index < -0.39 is 11.9 Å². The van der Waals surface area contributed by atoms with Crippen LogP contribution >= 0.6 is 0 Å². The summed E-state index contributed by atoms with van der Waals surface area (Å²) in [6, 6.07) is -0.358. The number of aliphatic carboxylic acids is 1. The number of nitrogens with two attached hydrogens (primary N) is 1. The van der Waals surface area contributed by atoms with Crippen molar-refractivity contribution in [2.24, 2.45) is 11.7 Å². The lowest BCUT2D eigenvalue weighted by Gasteiger charge is -2.13. The molecular weight excluding hydrogens is 238 g/mol. The van der Waals surface area contributed by atoms with Gasteiger partial charge < -0.3 is 21.5 Å². The summed E-state index contributed by atoms with van der Waals surface area (Å²) in [6.07, 6.45) is 1.46. The molecule has 0 rings (SSSR count). The van der Waals surface area contributed by atoms with Gasteiger partial charge in [-0.1, -0.05) is 13.3 Å². The normalized spacial score (nSPS) is 11.6. The van der Waals surface area contributed by atoms with E-state index in [2.05, 4.69) is 10.6 Å². The van der Waals surface area contributed by atoms with Crippen LogP contribution in [0.25, 0.3) is 0 Å². The average molecular weight is 259 g/mol. The van der Waals surface area contributed by atoms with Gasteiger partial charge in [0.05, 0.1) is 0 Å². The zero-order valence-electron chi connectivity index (χ0n) is 10.6. The second-order valence-corrected chi connectivity index (χ2v) is 4.08. The van der Waals surface area contributed by atoms with Crippen molar-refractivity contribution in [2.75, 3.05) is 13.1 Å². The Hall–Kier alpha value is -1.79. The molecule has 7 heteroatoms. The van der Waals surface area contributed by atoms with Gasteiger partial charge in [-0.2, -0.15) is 0 Å². The molecule has 0 aliphatic rings. The Morgan fingerprint density at radius 2 is 1.94 bits per heavy atom. The maximum atomic E-state index is 11.3. The highest BCUT2D eigenvalue weighted by molar-refractivity contribution is 5.75. The SMILES string of the molecule is CCC(CNC(=O)NCCCC(N)=O)CC(=O)O. The molecule has 0 fully saturated rings. The molecule has 18 heavy (non-hydrogen) atoms. The number of hydrogen-bond donors (Lipinski definition) is 4. The Balaban J connectivity index is 3.67. The highest BCUT2D eigenvalue weighted by Gasteiger charge is 2.12. The molecule has 0 saturated heterocycles. The fraction of sp³-hybridized carbons (Fsp3) is 0.727. The first-order valence-electron chi connectivity index (χ1n) is 5.97. The lowest BCUT2D eigenvalue weighted by atomic mass is 10.0. The van der Waals surface area contributed by atoms with E-state index in [4.69, 9.17) is 10.8 Å². The minimum absolute atomic E-state index is 0.0401. The molecule has 0 spiro atoms. The van der Waals surface area contributed by atoms with Crippen molar-refractivity contribution >= 4 is 17.9 Å². The van der Waals surface area contributed by atoms with Crippen LogP contribution in [0.15, 0.2) is 0 Å². The maximum Gasteiger partial charge on any atom is 0.314 e. The van der Waals surface area contributed by atoms with Crippen LogP contribution in [-0.2, 0) is 9.59 Å². The highest BCUT2D eigenvalue weighted by Crippen LogP contribution is 2.06. The van der Waals surface area contributed by atoms with E-state index in [1.54, 1.807) is 0 Å². The Bertz CT molecular complexity index is 294. The largest absolute Gasteiger partial charge is 0.481 e. The summed E-state index contributed by atoms with van der Waals surface area (Å²) in [5, 5.41) is 13.8. The molecule has 0 aromatic rings. The van der Waals surface area contributed by atoms with Gasteiger partial charge in [-0.15, -0.1) is 0 Å². The predicted molar refractivity (Wildman–Crippen MR) is 65.9 cm³/mol. The van der Waals surface area contributed by atoms with E-state index in [1.807, 2.05) is 6.92 Å². The van der Waals surface area contributed by atoms with Gasteiger partial charge in [0.2, 0.25) is 5.91 Å².